The first-order valence-electron chi connectivity index (χ1n) is 10.4. The van der Waals surface area contributed by atoms with Gasteiger partial charge in [-0.15, -0.1) is 0 Å². The highest BCUT2D eigenvalue weighted by Crippen LogP contribution is 2.65. The van der Waals surface area contributed by atoms with Crippen molar-refractivity contribution in [1.82, 2.24) is 15.5 Å². The van der Waals surface area contributed by atoms with E-state index in [1.165, 1.54) is 16.7 Å². The zero-order valence-electron chi connectivity index (χ0n) is 19.2. The van der Waals surface area contributed by atoms with Gasteiger partial charge in [-0.05, 0) is 41.1 Å². The monoisotopic (exact) mass is 476 g/mol. The van der Waals surface area contributed by atoms with Gasteiger partial charge >= 0.3 is 12.1 Å². The number of likely N-dealkylation sites (tertiary alicyclic amines) is 1. The van der Waals surface area contributed by atoms with Gasteiger partial charge in [0.25, 0.3) is 0 Å². The molecular weight excluding hydrogens is 445 g/mol. The van der Waals surface area contributed by atoms with Crippen LogP contribution in [0.2, 0.25) is 0 Å². The van der Waals surface area contributed by atoms with Gasteiger partial charge in [0, 0.05) is 6.54 Å². The lowest BCUT2D eigenvalue weighted by molar-refractivity contribution is -0.176. The molecule has 7 nitrogen and oxygen atoms in total. The summed E-state index contributed by atoms with van der Waals surface area (Å²) in [5, 5.41) is 13.9. The van der Waals surface area contributed by atoms with Gasteiger partial charge in [0.1, 0.15) is 18.1 Å². The van der Waals surface area contributed by atoms with Crippen LogP contribution in [0.4, 0.5) is 13.2 Å². The third kappa shape index (κ3) is 5.33. The molecule has 3 amide bonds. The van der Waals surface area contributed by atoms with Gasteiger partial charge in [-0.1, -0.05) is 34.6 Å². The van der Waals surface area contributed by atoms with Crippen LogP contribution in [0.1, 0.15) is 41.0 Å². The minimum absolute atomic E-state index is 0.0212. The molecule has 2 N–H and O–H groups in total. The normalized spacial score (nSPS) is 25.9. The number of nitriles is 1. The van der Waals surface area contributed by atoms with Crippen LogP contribution >= 0.6 is 11.8 Å². The smallest absolute Gasteiger partial charge is 0.339 e. The Kier molecular flexibility index (Phi) is 7.49. The second-order valence-corrected chi connectivity index (χ2v) is 11.1. The Morgan fingerprint density at radius 2 is 1.81 bits per heavy atom. The number of halogens is 3. The maximum Gasteiger partial charge on any atom is 0.471 e. The second-order valence-electron chi connectivity index (χ2n) is 10.1. The van der Waals surface area contributed by atoms with E-state index in [1.807, 2.05) is 31.5 Å². The maximum absolute atomic E-state index is 13.4. The average molecular weight is 477 g/mol. The number of nitrogens with zero attached hydrogens (tertiary/aromatic N) is 2. The summed E-state index contributed by atoms with van der Waals surface area (Å²) >= 11 is 1.53. The number of nitrogens with one attached hydrogen (secondary N) is 2. The molecule has 1 heterocycles. The van der Waals surface area contributed by atoms with Crippen molar-refractivity contribution in [1.29, 1.82) is 5.26 Å². The van der Waals surface area contributed by atoms with Crippen LogP contribution in [0.5, 0.6) is 0 Å². The highest BCUT2D eigenvalue weighted by atomic mass is 32.2. The summed E-state index contributed by atoms with van der Waals surface area (Å²) in [5.74, 6) is -2.88. The predicted octanol–water partition coefficient (Wildman–Crippen LogP) is 2.32. The number of carbonyl (C=O) groups excluding carboxylic acids is 3. The van der Waals surface area contributed by atoms with E-state index in [4.69, 9.17) is 0 Å². The molecule has 32 heavy (non-hydrogen) atoms. The van der Waals surface area contributed by atoms with Crippen LogP contribution in [0.3, 0.4) is 0 Å². The Hall–Kier alpha value is -1.96. The molecule has 2 aliphatic rings. The fraction of sp³-hybridized carbons (Fsp3) is 0.810. The number of hydrogen-bond acceptors (Lipinski definition) is 5. The summed E-state index contributed by atoms with van der Waals surface area (Å²) in [7, 11) is 0. The van der Waals surface area contributed by atoms with E-state index in [9.17, 15) is 32.8 Å². The molecule has 0 aromatic heterocycles. The Balaban J connectivity index is 2.28. The molecular formula is C21H31F3N4O3S. The Morgan fingerprint density at radius 3 is 2.28 bits per heavy atom. The molecule has 0 bridgehead atoms. The third-order valence-electron chi connectivity index (χ3n) is 6.49. The van der Waals surface area contributed by atoms with Gasteiger partial charge in [0.05, 0.1) is 6.07 Å². The molecule has 0 aromatic carbocycles. The Labute approximate surface area is 190 Å². The largest absolute Gasteiger partial charge is 0.471 e. The van der Waals surface area contributed by atoms with Crippen LogP contribution < -0.4 is 10.6 Å². The Bertz CT molecular complexity index is 804. The summed E-state index contributed by atoms with van der Waals surface area (Å²) < 4.78 is 38.6. The van der Waals surface area contributed by atoms with E-state index < -0.39 is 47.4 Å². The number of carbonyl (C=O) groups is 3. The topological polar surface area (TPSA) is 102 Å². The number of hydrogen-bond donors (Lipinski definition) is 2. The van der Waals surface area contributed by atoms with Gasteiger partial charge < -0.3 is 15.5 Å². The number of amides is 3. The molecule has 2 rings (SSSR count). The van der Waals surface area contributed by atoms with E-state index in [0.29, 0.717) is 12.2 Å². The zero-order valence-corrected chi connectivity index (χ0v) is 20.0. The van der Waals surface area contributed by atoms with E-state index in [0.717, 1.165) is 0 Å². The molecule has 1 saturated heterocycles. The quantitative estimate of drug-likeness (QED) is 0.587. The zero-order chi connectivity index (χ0) is 24.6. The number of thioether (sulfide) groups is 1. The van der Waals surface area contributed by atoms with Crippen LogP contribution in [0, 0.1) is 34.0 Å². The molecule has 180 valence electrons. The summed E-state index contributed by atoms with van der Waals surface area (Å²) in [6, 6.07) is -1.05. The fourth-order valence-corrected chi connectivity index (χ4v) is 4.97. The molecule has 1 aliphatic carbocycles. The summed E-state index contributed by atoms with van der Waals surface area (Å²) in [6.45, 7) is 8.83. The van der Waals surface area contributed by atoms with Crippen LogP contribution in [0.25, 0.3) is 0 Å². The predicted molar refractivity (Wildman–Crippen MR) is 114 cm³/mol. The van der Waals surface area contributed by atoms with Gasteiger partial charge in [0.2, 0.25) is 11.8 Å². The number of rotatable bonds is 7. The maximum atomic E-state index is 13.4. The van der Waals surface area contributed by atoms with Gasteiger partial charge in [0.15, 0.2) is 0 Å². The van der Waals surface area contributed by atoms with Crippen LogP contribution in [-0.2, 0) is 14.4 Å². The SMILES string of the molecule is CSCC[C@@H](C#N)NC(=O)[C@@H]1[C@@H]2[C@H](CN1C(=O)[C@@H](NC(=O)C(F)(F)F)C(C)(C)C)C2(C)C. The van der Waals surface area contributed by atoms with Crippen molar-refractivity contribution in [3.8, 4) is 6.07 Å². The molecule has 0 unspecified atom stereocenters. The van der Waals surface area contributed by atoms with Crippen molar-refractivity contribution in [3.05, 3.63) is 0 Å². The van der Waals surface area contributed by atoms with E-state index in [1.54, 1.807) is 20.8 Å². The highest BCUT2D eigenvalue weighted by molar-refractivity contribution is 7.98. The van der Waals surface area contributed by atoms with Crippen molar-refractivity contribution < 1.29 is 27.6 Å². The third-order valence-corrected chi connectivity index (χ3v) is 7.13. The van der Waals surface area contributed by atoms with Crippen molar-refractivity contribution in [2.75, 3.05) is 18.6 Å². The average Bonchev–Trinajstić information content (AvgIpc) is 3.02. The molecule has 0 spiro atoms. The Morgan fingerprint density at radius 1 is 1.22 bits per heavy atom. The number of fused-ring (bicyclic) bond motifs is 1. The first kappa shape index (κ1) is 26.3. The number of alkyl halides is 3. The molecule has 2 fully saturated rings. The first-order valence-corrected chi connectivity index (χ1v) is 11.8. The minimum Gasteiger partial charge on any atom is -0.339 e. The van der Waals surface area contributed by atoms with E-state index in [2.05, 4.69) is 5.32 Å². The van der Waals surface area contributed by atoms with Gasteiger partial charge in [-0.25, -0.2) is 0 Å². The molecule has 0 radical (unpaired) electrons. The van der Waals surface area contributed by atoms with Crippen LogP contribution in [-0.4, -0.2) is 65.5 Å². The van der Waals surface area contributed by atoms with E-state index >= 15 is 0 Å². The molecule has 1 aliphatic heterocycles. The van der Waals surface area contributed by atoms with Gasteiger partial charge in [-0.3, -0.25) is 14.4 Å². The molecule has 5 atom stereocenters. The summed E-state index contributed by atoms with van der Waals surface area (Å²) in [6.07, 6.45) is -2.81. The van der Waals surface area contributed by atoms with Crippen molar-refractivity contribution in [2.45, 2.75) is 65.3 Å². The van der Waals surface area contributed by atoms with Crippen molar-refractivity contribution in [3.63, 3.8) is 0 Å². The first-order chi connectivity index (χ1) is 14.6. The lowest BCUT2D eigenvalue weighted by atomic mass is 9.85. The van der Waals surface area contributed by atoms with E-state index in [-0.39, 0.29) is 23.8 Å². The lowest BCUT2D eigenvalue weighted by Crippen LogP contribution is -2.61. The standard InChI is InChI=1S/C21H31F3N4O3S/c1-19(2,3)15(27-18(31)21(22,23)24)17(30)28-10-12-13(20(12,4)5)14(28)16(29)26-11(9-25)7-8-32-6/h11-15H,7-8,10H2,1-6H3,(H,26,29)(H,27,31)/t11-,12-,13-,14-,15+/m0/s1. The second kappa shape index (κ2) is 9.12. The van der Waals surface area contributed by atoms with Crippen molar-refractivity contribution >= 4 is 29.5 Å². The highest BCUT2D eigenvalue weighted by Gasteiger charge is 2.69. The minimum atomic E-state index is -5.13. The fourth-order valence-electron chi connectivity index (χ4n) is 4.50. The number of piperidine rings is 1. The van der Waals surface area contributed by atoms with Crippen LogP contribution in [0.15, 0.2) is 0 Å². The summed E-state index contributed by atoms with van der Waals surface area (Å²) in [4.78, 5) is 39.4. The van der Waals surface area contributed by atoms with Crippen molar-refractivity contribution in [2.24, 2.45) is 22.7 Å². The lowest BCUT2D eigenvalue weighted by Gasteiger charge is -2.37. The molecule has 0 aromatic rings. The summed E-state index contributed by atoms with van der Waals surface area (Å²) in [5.41, 5.74) is -1.22. The molecule has 11 heteroatoms. The van der Waals surface area contributed by atoms with Gasteiger partial charge in [-0.2, -0.15) is 30.2 Å². The molecule has 1 saturated carbocycles.